The van der Waals surface area contributed by atoms with Gasteiger partial charge >= 0.3 is 5.97 Å². The van der Waals surface area contributed by atoms with Crippen molar-refractivity contribution in [3.05, 3.63) is 60.7 Å². The lowest BCUT2D eigenvalue weighted by Gasteiger charge is -2.48. The van der Waals surface area contributed by atoms with Gasteiger partial charge in [0.1, 0.15) is 6.10 Å². The standard InChI is InChI=1S/C27H31NO3/c1-17-13-14-22-19(15-17)16-23-24(18(2)31-27(23)30)25(22)26(29)28(20-9-5-3-6-10-20)21-11-7-4-8-12-21/h3-12,17-19,22-25H,13-16H2,1-2H3/t17-,18+,19?,22+,23-,24+,25-/m0/s1. The summed E-state index contributed by atoms with van der Waals surface area (Å²) in [6.07, 6.45) is 3.99. The summed E-state index contributed by atoms with van der Waals surface area (Å²) < 4.78 is 5.70. The molecule has 0 aromatic heterocycles. The molecule has 1 heterocycles. The molecule has 1 aliphatic heterocycles. The molecule has 1 amide bonds. The van der Waals surface area contributed by atoms with Crippen LogP contribution in [0.5, 0.6) is 0 Å². The van der Waals surface area contributed by atoms with E-state index in [1.165, 1.54) is 0 Å². The Hall–Kier alpha value is -2.62. The number of hydrogen-bond donors (Lipinski definition) is 0. The number of anilines is 2. The van der Waals surface area contributed by atoms with Crippen molar-refractivity contribution in [1.29, 1.82) is 0 Å². The summed E-state index contributed by atoms with van der Waals surface area (Å²) in [4.78, 5) is 29.0. The lowest BCUT2D eigenvalue weighted by Crippen LogP contribution is -2.51. The van der Waals surface area contributed by atoms with Crippen LogP contribution in [0.3, 0.4) is 0 Å². The smallest absolute Gasteiger partial charge is 0.309 e. The fourth-order valence-corrected chi connectivity index (χ4v) is 6.56. The highest BCUT2D eigenvalue weighted by Gasteiger charge is 2.58. The van der Waals surface area contributed by atoms with Crippen molar-refractivity contribution >= 4 is 23.3 Å². The van der Waals surface area contributed by atoms with Crippen molar-refractivity contribution in [2.75, 3.05) is 4.90 Å². The number of benzene rings is 2. The molecule has 5 rings (SSSR count). The van der Waals surface area contributed by atoms with Gasteiger partial charge in [0.15, 0.2) is 0 Å². The number of cyclic esters (lactones) is 1. The molecule has 1 saturated heterocycles. The Kier molecular flexibility index (Phi) is 5.33. The van der Waals surface area contributed by atoms with E-state index in [2.05, 4.69) is 6.92 Å². The minimum Gasteiger partial charge on any atom is -0.462 e. The Morgan fingerprint density at radius 1 is 0.903 bits per heavy atom. The molecule has 0 spiro atoms. The number of amides is 1. The van der Waals surface area contributed by atoms with Crippen LogP contribution in [0.1, 0.15) is 39.5 Å². The maximum Gasteiger partial charge on any atom is 0.309 e. The zero-order chi connectivity index (χ0) is 21.5. The monoisotopic (exact) mass is 417 g/mol. The maximum absolute atomic E-state index is 14.4. The molecule has 0 N–H and O–H groups in total. The largest absolute Gasteiger partial charge is 0.462 e. The minimum absolute atomic E-state index is 0.0374. The molecular formula is C27H31NO3. The van der Waals surface area contributed by atoms with Crippen LogP contribution in [0.2, 0.25) is 0 Å². The first kappa shape index (κ1) is 20.3. The van der Waals surface area contributed by atoms with Gasteiger partial charge in [-0.2, -0.15) is 0 Å². The van der Waals surface area contributed by atoms with E-state index < -0.39 is 0 Å². The Morgan fingerprint density at radius 3 is 2.13 bits per heavy atom. The average Bonchev–Trinajstić information content (AvgIpc) is 3.06. The normalized spacial score (nSPS) is 34.4. The highest BCUT2D eigenvalue weighted by atomic mass is 16.6. The van der Waals surface area contributed by atoms with Crippen LogP contribution < -0.4 is 4.90 Å². The minimum atomic E-state index is -0.208. The Morgan fingerprint density at radius 2 is 1.52 bits per heavy atom. The van der Waals surface area contributed by atoms with E-state index >= 15 is 0 Å². The van der Waals surface area contributed by atoms with E-state index in [-0.39, 0.29) is 35.7 Å². The summed E-state index contributed by atoms with van der Waals surface area (Å²) >= 11 is 0. The van der Waals surface area contributed by atoms with Crippen LogP contribution in [0.15, 0.2) is 60.7 Å². The Labute approximate surface area is 184 Å². The molecule has 3 fully saturated rings. The maximum atomic E-state index is 14.4. The first-order valence-corrected chi connectivity index (χ1v) is 11.7. The van der Waals surface area contributed by atoms with E-state index in [1.807, 2.05) is 72.5 Å². The summed E-state index contributed by atoms with van der Waals surface area (Å²) in [5.74, 6) is 1.02. The van der Waals surface area contributed by atoms with Gasteiger partial charge in [0, 0.05) is 23.2 Å². The first-order chi connectivity index (χ1) is 15.0. The topological polar surface area (TPSA) is 46.6 Å². The highest BCUT2D eigenvalue weighted by molar-refractivity contribution is 6.02. The second kappa shape index (κ2) is 8.14. The summed E-state index contributed by atoms with van der Waals surface area (Å²) in [5.41, 5.74) is 1.75. The zero-order valence-electron chi connectivity index (χ0n) is 18.3. The van der Waals surface area contributed by atoms with Crippen LogP contribution in [0.25, 0.3) is 0 Å². The third-order valence-electron chi connectivity index (χ3n) is 7.88. The molecule has 1 unspecified atom stereocenters. The van der Waals surface area contributed by atoms with Crippen molar-refractivity contribution < 1.29 is 14.3 Å². The summed E-state index contributed by atoms with van der Waals surface area (Å²) in [5, 5.41) is 0. The van der Waals surface area contributed by atoms with Gasteiger partial charge in [0.25, 0.3) is 0 Å². The number of rotatable bonds is 3. The predicted molar refractivity (Wildman–Crippen MR) is 121 cm³/mol. The van der Waals surface area contributed by atoms with Crippen molar-refractivity contribution in [1.82, 2.24) is 0 Å². The summed E-state index contributed by atoms with van der Waals surface area (Å²) in [6.45, 7) is 4.28. The van der Waals surface area contributed by atoms with Crippen molar-refractivity contribution in [3.63, 3.8) is 0 Å². The molecular weight excluding hydrogens is 386 g/mol. The molecule has 2 aromatic carbocycles. The van der Waals surface area contributed by atoms with Crippen molar-refractivity contribution in [2.24, 2.45) is 35.5 Å². The molecule has 2 saturated carbocycles. The van der Waals surface area contributed by atoms with E-state index in [9.17, 15) is 9.59 Å². The predicted octanol–water partition coefficient (Wildman–Crippen LogP) is 5.60. The number of nitrogens with zero attached hydrogens (tertiary/aromatic N) is 1. The number of esters is 1. The second-order valence-corrected chi connectivity index (χ2v) is 9.77. The molecule has 31 heavy (non-hydrogen) atoms. The third kappa shape index (κ3) is 3.56. The molecule has 4 heteroatoms. The Balaban J connectivity index is 1.58. The third-order valence-corrected chi connectivity index (χ3v) is 7.88. The molecule has 3 aliphatic rings. The highest BCUT2D eigenvalue weighted by Crippen LogP contribution is 2.54. The van der Waals surface area contributed by atoms with Gasteiger partial charge in [-0.05, 0) is 68.2 Å². The summed E-state index contributed by atoms with van der Waals surface area (Å²) in [7, 11) is 0. The number of hydrogen-bond acceptors (Lipinski definition) is 3. The summed E-state index contributed by atoms with van der Waals surface area (Å²) in [6, 6.07) is 19.8. The van der Waals surface area contributed by atoms with Crippen molar-refractivity contribution in [2.45, 2.75) is 45.6 Å². The van der Waals surface area contributed by atoms with Crippen LogP contribution in [-0.4, -0.2) is 18.0 Å². The molecule has 0 radical (unpaired) electrons. The SMILES string of the molecule is C[C@H]1CC[C@@H]2C(C1)C[C@@H]1C(=O)O[C@H](C)[C@H]1[C@H]2C(=O)N(c1ccccc1)c1ccccc1. The first-order valence-electron chi connectivity index (χ1n) is 11.7. The molecule has 2 aromatic rings. The van der Waals surface area contributed by atoms with Crippen LogP contribution >= 0.6 is 0 Å². The molecule has 2 aliphatic carbocycles. The van der Waals surface area contributed by atoms with E-state index in [0.29, 0.717) is 17.8 Å². The van der Waals surface area contributed by atoms with Crippen LogP contribution in [0.4, 0.5) is 11.4 Å². The van der Waals surface area contributed by atoms with Gasteiger partial charge in [-0.25, -0.2) is 0 Å². The number of carbonyl (C=O) groups excluding carboxylic acids is 2. The van der Waals surface area contributed by atoms with Crippen LogP contribution in [0, 0.1) is 35.5 Å². The molecule has 4 nitrogen and oxygen atoms in total. The fourth-order valence-electron chi connectivity index (χ4n) is 6.56. The van der Waals surface area contributed by atoms with E-state index in [4.69, 9.17) is 4.74 Å². The lowest BCUT2D eigenvalue weighted by molar-refractivity contribution is -0.144. The van der Waals surface area contributed by atoms with Crippen LogP contribution in [-0.2, 0) is 14.3 Å². The molecule has 7 atom stereocenters. The number of ether oxygens (including phenoxy) is 1. The number of fused-ring (bicyclic) bond motifs is 2. The van der Waals surface area contributed by atoms with Gasteiger partial charge in [-0.3, -0.25) is 14.5 Å². The van der Waals surface area contributed by atoms with E-state index in [0.717, 1.165) is 37.1 Å². The van der Waals surface area contributed by atoms with Gasteiger partial charge in [-0.1, -0.05) is 49.7 Å². The molecule has 162 valence electrons. The zero-order valence-corrected chi connectivity index (χ0v) is 18.3. The molecule has 0 bridgehead atoms. The fraction of sp³-hybridized carbons (Fsp3) is 0.481. The number of para-hydroxylation sites is 2. The lowest BCUT2D eigenvalue weighted by atomic mass is 9.56. The van der Waals surface area contributed by atoms with E-state index in [1.54, 1.807) is 0 Å². The Bertz CT molecular complexity index is 904. The van der Waals surface area contributed by atoms with Gasteiger partial charge in [0.05, 0.1) is 5.92 Å². The van der Waals surface area contributed by atoms with Crippen molar-refractivity contribution in [3.8, 4) is 0 Å². The van der Waals surface area contributed by atoms with Gasteiger partial charge in [-0.15, -0.1) is 0 Å². The van der Waals surface area contributed by atoms with Gasteiger partial charge < -0.3 is 4.74 Å². The second-order valence-electron chi connectivity index (χ2n) is 9.77. The number of carbonyl (C=O) groups is 2. The average molecular weight is 418 g/mol. The van der Waals surface area contributed by atoms with Gasteiger partial charge in [0.2, 0.25) is 5.91 Å². The quantitative estimate of drug-likeness (QED) is 0.611.